The van der Waals surface area contributed by atoms with E-state index in [-0.39, 0.29) is 18.4 Å². The number of carbonyl (C=O) groups excluding carboxylic acids is 2. The Morgan fingerprint density at radius 3 is 2.29 bits per heavy atom. The normalized spacial score (nSPS) is 14.6. The molecule has 2 amide bonds. The lowest BCUT2D eigenvalue weighted by atomic mass is 10.2. The van der Waals surface area contributed by atoms with Crippen molar-refractivity contribution in [2.24, 2.45) is 0 Å². The summed E-state index contributed by atoms with van der Waals surface area (Å²) in [6.45, 7) is 7.69. The smallest absolute Gasteiger partial charge is 0.242 e. The van der Waals surface area contributed by atoms with E-state index in [1.54, 1.807) is 11.8 Å². The average Bonchev–Trinajstić information content (AvgIpc) is 2.61. The largest absolute Gasteiger partial charge is 0.368 e. The number of piperazine rings is 1. The molecule has 5 heteroatoms. The van der Waals surface area contributed by atoms with E-state index in [0.29, 0.717) is 19.6 Å². The zero-order valence-electron chi connectivity index (χ0n) is 14.9. The van der Waals surface area contributed by atoms with Crippen LogP contribution in [0.2, 0.25) is 0 Å². The molecular formula is C19H29N3O2. The molecule has 1 aromatic carbocycles. The molecule has 132 valence electrons. The molecule has 0 unspecified atom stereocenters. The van der Waals surface area contributed by atoms with E-state index in [2.05, 4.69) is 24.0 Å². The van der Waals surface area contributed by atoms with Crippen LogP contribution >= 0.6 is 0 Å². The fourth-order valence-electron chi connectivity index (χ4n) is 3.02. The maximum atomic E-state index is 12.5. The summed E-state index contributed by atoms with van der Waals surface area (Å²) in [5.41, 5.74) is 1.20. The van der Waals surface area contributed by atoms with Crippen molar-refractivity contribution in [1.82, 2.24) is 9.80 Å². The van der Waals surface area contributed by atoms with Gasteiger partial charge in [-0.3, -0.25) is 9.59 Å². The summed E-state index contributed by atoms with van der Waals surface area (Å²) in [6.07, 6.45) is 3.17. The molecule has 1 saturated heterocycles. The first-order valence-corrected chi connectivity index (χ1v) is 8.95. The number of carbonyl (C=O) groups is 2. The van der Waals surface area contributed by atoms with Crippen molar-refractivity contribution < 1.29 is 9.59 Å². The highest BCUT2D eigenvalue weighted by molar-refractivity contribution is 5.84. The predicted molar refractivity (Wildman–Crippen MR) is 97.0 cm³/mol. The Morgan fingerprint density at radius 2 is 1.71 bits per heavy atom. The van der Waals surface area contributed by atoms with E-state index < -0.39 is 0 Å². The van der Waals surface area contributed by atoms with Gasteiger partial charge in [0, 0.05) is 45.3 Å². The quantitative estimate of drug-likeness (QED) is 0.721. The number of unbranched alkanes of at least 4 members (excludes halogenated alkanes) is 2. The maximum absolute atomic E-state index is 12.5. The number of rotatable bonds is 7. The van der Waals surface area contributed by atoms with Gasteiger partial charge in [0.05, 0.1) is 6.54 Å². The monoisotopic (exact) mass is 331 g/mol. The predicted octanol–water partition coefficient (Wildman–Crippen LogP) is 2.37. The van der Waals surface area contributed by atoms with Crippen molar-refractivity contribution in [2.45, 2.75) is 33.1 Å². The Balaban J connectivity index is 1.82. The van der Waals surface area contributed by atoms with Crippen LogP contribution in [0.4, 0.5) is 5.69 Å². The molecule has 0 N–H and O–H groups in total. The molecule has 0 aromatic heterocycles. The van der Waals surface area contributed by atoms with Crippen LogP contribution < -0.4 is 4.90 Å². The topological polar surface area (TPSA) is 43.9 Å². The summed E-state index contributed by atoms with van der Waals surface area (Å²) >= 11 is 0. The molecule has 0 atom stereocenters. The molecule has 1 aliphatic heterocycles. The van der Waals surface area contributed by atoms with Crippen LogP contribution in [0.1, 0.15) is 33.1 Å². The van der Waals surface area contributed by atoms with E-state index in [1.807, 2.05) is 23.1 Å². The van der Waals surface area contributed by atoms with Gasteiger partial charge in [0.1, 0.15) is 0 Å². The van der Waals surface area contributed by atoms with Gasteiger partial charge in [-0.05, 0) is 18.6 Å². The van der Waals surface area contributed by atoms with Gasteiger partial charge in [0.2, 0.25) is 11.8 Å². The molecule has 1 aliphatic rings. The van der Waals surface area contributed by atoms with Crippen LogP contribution in [-0.2, 0) is 9.59 Å². The van der Waals surface area contributed by atoms with Crippen molar-refractivity contribution in [1.29, 1.82) is 0 Å². The molecule has 5 nitrogen and oxygen atoms in total. The minimum atomic E-state index is -0.0117. The van der Waals surface area contributed by atoms with Crippen LogP contribution in [0.3, 0.4) is 0 Å². The van der Waals surface area contributed by atoms with Gasteiger partial charge in [-0.15, -0.1) is 0 Å². The van der Waals surface area contributed by atoms with Gasteiger partial charge in [0.15, 0.2) is 0 Å². The highest BCUT2D eigenvalue weighted by Crippen LogP contribution is 2.15. The van der Waals surface area contributed by atoms with Crippen LogP contribution in [0.25, 0.3) is 0 Å². The van der Waals surface area contributed by atoms with Gasteiger partial charge in [-0.25, -0.2) is 0 Å². The van der Waals surface area contributed by atoms with E-state index in [4.69, 9.17) is 0 Å². The second-order valence-corrected chi connectivity index (χ2v) is 6.35. The zero-order chi connectivity index (χ0) is 17.4. The number of anilines is 1. The lowest BCUT2D eigenvalue weighted by Crippen LogP contribution is -2.51. The summed E-state index contributed by atoms with van der Waals surface area (Å²) in [5, 5.41) is 0. The van der Waals surface area contributed by atoms with Gasteiger partial charge in [0.25, 0.3) is 0 Å². The third kappa shape index (κ3) is 5.25. The first-order chi connectivity index (χ1) is 11.6. The molecule has 1 fully saturated rings. The Kier molecular flexibility index (Phi) is 7.09. The Hall–Kier alpha value is -2.04. The van der Waals surface area contributed by atoms with Crippen molar-refractivity contribution in [3.05, 3.63) is 30.3 Å². The number of hydrogen-bond acceptors (Lipinski definition) is 3. The SMILES string of the molecule is CCCCCN(CC(=O)N1CCN(c2ccccc2)CC1)C(C)=O. The molecule has 0 aliphatic carbocycles. The Morgan fingerprint density at radius 1 is 1.04 bits per heavy atom. The molecule has 2 rings (SSSR count). The van der Waals surface area contributed by atoms with Crippen LogP contribution in [0.5, 0.6) is 0 Å². The fraction of sp³-hybridized carbons (Fsp3) is 0.579. The number of hydrogen-bond donors (Lipinski definition) is 0. The molecule has 1 heterocycles. The first-order valence-electron chi connectivity index (χ1n) is 8.95. The summed E-state index contributed by atoms with van der Waals surface area (Å²) in [7, 11) is 0. The van der Waals surface area contributed by atoms with Gasteiger partial charge in [-0.1, -0.05) is 38.0 Å². The third-order valence-corrected chi connectivity index (χ3v) is 4.56. The molecule has 0 radical (unpaired) electrons. The van der Waals surface area contributed by atoms with Crippen molar-refractivity contribution in [2.75, 3.05) is 44.2 Å². The van der Waals surface area contributed by atoms with E-state index in [0.717, 1.165) is 32.4 Å². The van der Waals surface area contributed by atoms with E-state index in [9.17, 15) is 9.59 Å². The van der Waals surface area contributed by atoms with E-state index in [1.165, 1.54) is 5.69 Å². The minimum absolute atomic E-state index is 0.0117. The lowest BCUT2D eigenvalue weighted by molar-refractivity contribution is -0.139. The van der Waals surface area contributed by atoms with E-state index >= 15 is 0 Å². The third-order valence-electron chi connectivity index (χ3n) is 4.56. The van der Waals surface area contributed by atoms with Crippen molar-refractivity contribution in [3.8, 4) is 0 Å². The summed E-state index contributed by atoms with van der Waals surface area (Å²) in [4.78, 5) is 30.1. The molecule has 24 heavy (non-hydrogen) atoms. The standard InChI is InChI=1S/C19H29N3O2/c1-3-4-8-11-22(17(2)23)16-19(24)21-14-12-20(13-15-21)18-9-6-5-7-10-18/h5-7,9-10H,3-4,8,11-16H2,1-2H3. The van der Waals surface area contributed by atoms with Crippen LogP contribution in [-0.4, -0.2) is 60.9 Å². The summed E-state index contributed by atoms with van der Waals surface area (Å²) in [6, 6.07) is 10.3. The lowest BCUT2D eigenvalue weighted by Gasteiger charge is -2.37. The van der Waals surface area contributed by atoms with Crippen molar-refractivity contribution in [3.63, 3.8) is 0 Å². The second kappa shape index (κ2) is 9.30. The zero-order valence-corrected chi connectivity index (χ0v) is 14.9. The van der Waals surface area contributed by atoms with Gasteiger partial charge >= 0.3 is 0 Å². The van der Waals surface area contributed by atoms with Crippen molar-refractivity contribution >= 4 is 17.5 Å². The maximum Gasteiger partial charge on any atom is 0.242 e. The number of amides is 2. The number of nitrogens with zero attached hydrogens (tertiary/aromatic N) is 3. The molecule has 0 spiro atoms. The number of benzene rings is 1. The Labute approximate surface area is 145 Å². The van der Waals surface area contributed by atoms with Crippen LogP contribution in [0.15, 0.2) is 30.3 Å². The molecular weight excluding hydrogens is 302 g/mol. The first kappa shape index (κ1) is 18.3. The van der Waals surface area contributed by atoms with Gasteiger partial charge < -0.3 is 14.7 Å². The molecule has 0 bridgehead atoms. The summed E-state index contributed by atoms with van der Waals surface area (Å²) in [5.74, 6) is 0.0526. The summed E-state index contributed by atoms with van der Waals surface area (Å²) < 4.78 is 0. The van der Waals surface area contributed by atoms with Crippen LogP contribution in [0, 0.1) is 0 Å². The Bertz CT molecular complexity index is 525. The highest BCUT2D eigenvalue weighted by Gasteiger charge is 2.23. The average molecular weight is 331 g/mol. The molecule has 0 saturated carbocycles. The fourth-order valence-corrected chi connectivity index (χ4v) is 3.02. The molecule has 1 aromatic rings. The van der Waals surface area contributed by atoms with Gasteiger partial charge in [-0.2, -0.15) is 0 Å². The second-order valence-electron chi connectivity index (χ2n) is 6.35. The minimum Gasteiger partial charge on any atom is -0.368 e. The number of para-hydroxylation sites is 1. The highest BCUT2D eigenvalue weighted by atomic mass is 16.2.